The number of carbonyl (C=O) groups excluding carboxylic acids is 1. The van der Waals surface area contributed by atoms with Crippen LogP contribution in [0.3, 0.4) is 0 Å². The van der Waals surface area contributed by atoms with E-state index in [1.54, 1.807) is 12.4 Å². The Hall–Kier alpha value is -2.10. The van der Waals surface area contributed by atoms with Crippen molar-refractivity contribution in [3.8, 4) is 0 Å². The molecular weight excluding hydrogens is 250 g/mol. The molecule has 3 rings (SSSR count). The number of rotatable bonds is 3. The van der Waals surface area contributed by atoms with E-state index in [0.29, 0.717) is 6.42 Å². The van der Waals surface area contributed by atoms with Gasteiger partial charge in [0.2, 0.25) is 5.91 Å². The molecular formula is C16H19N3O. The van der Waals surface area contributed by atoms with Crippen molar-refractivity contribution in [3.63, 3.8) is 0 Å². The normalized spacial score (nSPS) is 17.9. The third kappa shape index (κ3) is 2.33. The fourth-order valence-electron chi connectivity index (χ4n) is 2.97. The number of fused-ring (bicyclic) bond motifs is 1. The predicted molar refractivity (Wildman–Crippen MR) is 77.1 cm³/mol. The van der Waals surface area contributed by atoms with E-state index in [9.17, 15) is 4.79 Å². The Morgan fingerprint density at radius 1 is 1.35 bits per heavy atom. The molecule has 0 aliphatic carbocycles. The van der Waals surface area contributed by atoms with Gasteiger partial charge in [0, 0.05) is 37.4 Å². The van der Waals surface area contributed by atoms with E-state index in [1.807, 2.05) is 17.0 Å². The molecule has 0 unspecified atom stereocenters. The summed E-state index contributed by atoms with van der Waals surface area (Å²) in [5.74, 6) is 0.192. The van der Waals surface area contributed by atoms with Gasteiger partial charge < -0.3 is 9.47 Å². The van der Waals surface area contributed by atoms with E-state index >= 15 is 0 Å². The molecule has 3 heterocycles. The van der Waals surface area contributed by atoms with Gasteiger partial charge in [0.05, 0.1) is 12.5 Å². The second-order valence-electron chi connectivity index (χ2n) is 5.18. The van der Waals surface area contributed by atoms with E-state index in [1.165, 1.54) is 5.69 Å². The summed E-state index contributed by atoms with van der Waals surface area (Å²) in [6.07, 6.45) is 6.98. The minimum Gasteiger partial charge on any atom is -0.348 e. The molecule has 4 heteroatoms. The lowest BCUT2D eigenvalue weighted by Crippen LogP contribution is -2.42. The van der Waals surface area contributed by atoms with Gasteiger partial charge in [-0.25, -0.2) is 0 Å². The Labute approximate surface area is 119 Å². The standard InChI is InChI=1S/C16H19N3O/c1-2-14-15-6-4-8-18(15)9-10-19(14)16(20)11-13-5-3-7-17-12-13/h3-8,12,14H,2,9-11H2,1H3/t14-/m0/s1. The van der Waals surface area contributed by atoms with Gasteiger partial charge in [0.15, 0.2) is 0 Å². The summed E-state index contributed by atoms with van der Waals surface area (Å²) in [5, 5.41) is 0. The molecule has 0 saturated carbocycles. The minimum absolute atomic E-state index is 0.192. The van der Waals surface area contributed by atoms with Crippen LogP contribution >= 0.6 is 0 Å². The highest BCUT2D eigenvalue weighted by atomic mass is 16.2. The van der Waals surface area contributed by atoms with Crippen molar-refractivity contribution in [2.45, 2.75) is 32.4 Å². The summed E-state index contributed by atoms with van der Waals surface area (Å²) < 4.78 is 2.25. The summed E-state index contributed by atoms with van der Waals surface area (Å²) >= 11 is 0. The van der Waals surface area contributed by atoms with Crippen molar-refractivity contribution in [2.75, 3.05) is 6.54 Å². The molecule has 4 nitrogen and oxygen atoms in total. The van der Waals surface area contributed by atoms with E-state index in [2.05, 4.69) is 34.8 Å². The molecule has 0 N–H and O–H groups in total. The van der Waals surface area contributed by atoms with Gasteiger partial charge in [0.25, 0.3) is 0 Å². The molecule has 0 bridgehead atoms. The number of amides is 1. The minimum atomic E-state index is 0.192. The predicted octanol–water partition coefficient (Wildman–Crippen LogP) is 2.42. The average Bonchev–Trinajstić information content (AvgIpc) is 2.95. The van der Waals surface area contributed by atoms with Gasteiger partial charge in [-0.3, -0.25) is 9.78 Å². The molecule has 2 aromatic heterocycles. The number of hydrogen-bond acceptors (Lipinski definition) is 2. The molecule has 0 saturated heterocycles. The first-order chi connectivity index (χ1) is 9.79. The van der Waals surface area contributed by atoms with Gasteiger partial charge in [0.1, 0.15) is 0 Å². The highest BCUT2D eigenvalue weighted by Gasteiger charge is 2.29. The summed E-state index contributed by atoms with van der Waals surface area (Å²) in [6, 6.07) is 8.22. The Balaban J connectivity index is 1.78. The third-order valence-corrected chi connectivity index (χ3v) is 3.95. The highest BCUT2D eigenvalue weighted by Crippen LogP contribution is 2.29. The average molecular weight is 269 g/mol. The number of nitrogens with zero attached hydrogens (tertiary/aromatic N) is 3. The van der Waals surface area contributed by atoms with Crippen molar-refractivity contribution in [2.24, 2.45) is 0 Å². The largest absolute Gasteiger partial charge is 0.348 e. The molecule has 0 aromatic carbocycles. The van der Waals surface area contributed by atoms with E-state index in [-0.39, 0.29) is 11.9 Å². The second-order valence-corrected chi connectivity index (χ2v) is 5.18. The van der Waals surface area contributed by atoms with Gasteiger partial charge in [-0.05, 0) is 30.2 Å². The Morgan fingerprint density at radius 3 is 3.00 bits per heavy atom. The molecule has 0 spiro atoms. The van der Waals surface area contributed by atoms with Crippen LogP contribution in [0.25, 0.3) is 0 Å². The number of aromatic nitrogens is 2. The van der Waals surface area contributed by atoms with E-state index in [0.717, 1.165) is 25.1 Å². The molecule has 104 valence electrons. The van der Waals surface area contributed by atoms with Crippen molar-refractivity contribution >= 4 is 5.91 Å². The quantitative estimate of drug-likeness (QED) is 0.858. The lowest BCUT2D eigenvalue weighted by Gasteiger charge is -2.36. The Morgan fingerprint density at radius 2 is 2.25 bits per heavy atom. The molecule has 0 fully saturated rings. The number of pyridine rings is 1. The summed E-state index contributed by atoms with van der Waals surface area (Å²) in [4.78, 5) is 18.6. The van der Waals surface area contributed by atoms with Crippen LogP contribution in [0.2, 0.25) is 0 Å². The SMILES string of the molecule is CC[C@H]1c2cccn2CCN1C(=O)Cc1cccnc1. The van der Waals surface area contributed by atoms with Crippen LogP contribution in [0, 0.1) is 0 Å². The fraction of sp³-hybridized carbons (Fsp3) is 0.375. The summed E-state index contributed by atoms with van der Waals surface area (Å²) in [6.45, 7) is 3.81. The molecule has 1 atom stereocenters. The maximum Gasteiger partial charge on any atom is 0.227 e. The van der Waals surface area contributed by atoms with Crippen LogP contribution in [0.1, 0.15) is 30.6 Å². The highest BCUT2D eigenvalue weighted by molar-refractivity contribution is 5.79. The monoisotopic (exact) mass is 269 g/mol. The first-order valence-corrected chi connectivity index (χ1v) is 7.13. The fourth-order valence-corrected chi connectivity index (χ4v) is 2.97. The topological polar surface area (TPSA) is 38.1 Å². The number of carbonyl (C=O) groups is 1. The van der Waals surface area contributed by atoms with Crippen molar-refractivity contribution in [3.05, 3.63) is 54.1 Å². The zero-order chi connectivity index (χ0) is 13.9. The Bertz CT molecular complexity index is 591. The van der Waals surface area contributed by atoms with Crippen molar-refractivity contribution in [1.82, 2.24) is 14.5 Å². The molecule has 2 aromatic rings. The van der Waals surface area contributed by atoms with Gasteiger partial charge >= 0.3 is 0 Å². The molecule has 1 amide bonds. The lowest BCUT2D eigenvalue weighted by molar-refractivity contribution is -0.134. The molecule has 1 aliphatic rings. The van der Waals surface area contributed by atoms with Crippen LogP contribution in [0.4, 0.5) is 0 Å². The summed E-state index contributed by atoms with van der Waals surface area (Å²) in [7, 11) is 0. The maximum absolute atomic E-state index is 12.6. The Kier molecular flexibility index (Phi) is 3.54. The van der Waals surface area contributed by atoms with E-state index in [4.69, 9.17) is 0 Å². The van der Waals surface area contributed by atoms with Crippen LogP contribution in [0.5, 0.6) is 0 Å². The zero-order valence-electron chi connectivity index (χ0n) is 11.7. The van der Waals surface area contributed by atoms with Gasteiger partial charge in [-0.2, -0.15) is 0 Å². The van der Waals surface area contributed by atoms with Gasteiger partial charge in [-0.1, -0.05) is 13.0 Å². The first kappa shape index (κ1) is 12.9. The van der Waals surface area contributed by atoms with Crippen LogP contribution < -0.4 is 0 Å². The molecule has 1 aliphatic heterocycles. The van der Waals surface area contributed by atoms with E-state index < -0.39 is 0 Å². The first-order valence-electron chi connectivity index (χ1n) is 7.13. The second kappa shape index (κ2) is 5.49. The van der Waals surface area contributed by atoms with Crippen LogP contribution in [-0.2, 0) is 17.8 Å². The third-order valence-electron chi connectivity index (χ3n) is 3.95. The maximum atomic E-state index is 12.6. The zero-order valence-corrected chi connectivity index (χ0v) is 11.7. The van der Waals surface area contributed by atoms with Crippen LogP contribution in [0.15, 0.2) is 42.9 Å². The molecule has 0 radical (unpaired) electrons. The summed E-state index contributed by atoms with van der Waals surface area (Å²) in [5.41, 5.74) is 2.23. The van der Waals surface area contributed by atoms with Gasteiger partial charge in [-0.15, -0.1) is 0 Å². The van der Waals surface area contributed by atoms with Crippen LogP contribution in [-0.4, -0.2) is 26.9 Å². The number of hydrogen-bond donors (Lipinski definition) is 0. The molecule has 20 heavy (non-hydrogen) atoms. The smallest absolute Gasteiger partial charge is 0.227 e. The van der Waals surface area contributed by atoms with Crippen molar-refractivity contribution in [1.29, 1.82) is 0 Å². The lowest BCUT2D eigenvalue weighted by atomic mass is 10.1. The van der Waals surface area contributed by atoms with Crippen molar-refractivity contribution < 1.29 is 4.79 Å².